The molecule has 0 unspecified atom stereocenters. The van der Waals surface area contributed by atoms with E-state index in [1.165, 1.54) is 25.9 Å². The minimum Gasteiger partial charge on any atom is -0.317 e. The van der Waals surface area contributed by atoms with E-state index < -0.39 is 0 Å². The van der Waals surface area contributed by atoms with Crippen LogP contribution in [-0.4, -0.2) is 13.1 Å². The summed E-state index contributed by atoms with van der Waals surface area (Å²) in [6, 6.07) is 0. The Morgan fingerprint density at radius 1 is 1.09 bits per heavy atom. The fraction of sp³-hybridized carbons (Fsp3) is 1.00. The molecule has 1 aliphatic heterocycles. The number of rotatable bonds is 0. The molecule has 0 aromatic carbocycles. The molecule has 1 aliphatic rings. The van der Waals surface area contributed by atoms with E-state index in [2.05, 4.69) is 26.1 Å². The molecule has 0 spiro atoms. The smallest absolute Gasteiger partial charge is 0.00461 e. The third-order valence-corrected chi connectivity index (χ3v) is 2.56. The van der Waals surface area contributed by atoms with E-state index in [0.717, 1.165) is 5.92 Å². The molecular weight excluding hydrogens is 158 g/mol. The number of hydrogen-bond acceptors (Lipinski definition) is 1. The first kappa shape index (κ1) is 11.2. The second-order valence-corrected chi connectivity index (χ2v) is 4.39. The van der Waals surface area contributed by atoms with Gasteiger partial charge >= 0.3 is 0 Å². The highest BCUT2D eigenvalue weighted by atomic mass is 35.5. The van der Waals surface area contributed by atoms with E-state index in [9.17, 15) is 0 Å². The van der Waals surface area contributed by atoms with Gasteiger partial charge in [-0.3, -0.25) is 0 Å². The minimum absolute atomic E-state index is 0. The van der Waals surface area contributed by atoms with Crippen molar-refractivity contribution in [2.45, 2.75) is 33.6 Å². The average molecular weight is 178 g/mol. The topological polar surface area (TPSA) is 12.0 Å². The van der Waals surface area contributed by atoms with Crippen molar-refractivity contribution < 1.29 is 0 Å². The molecule has 0 aliphatic carbocycles. The Bertz CT molecular complexity index is 101. The summed E-state index contributed by atoms with van der Waals surface area (Å²) >= 11 is 0. The Morgan fingerprint density at radius 2 is 1.55 bits per heavy atom. The van der Waals surface area contributed by atoms with Crippen molar-refractivity contribution in [1.82, 2.24) is 5.32 Å². The molecule has 0 saturated carbocycles. The van der Waals surface area contributed by atoms with E-state index in [0.29, 0.717) is 5.41 Å². The van der Waals surface area contributed by atoms with Crippen molar-refractivity contribution in [3.63, 3.8) is 0 Å². The second kappa shape index (κ2) is 4.32. The lowest BCUT2D eigenvalue weighted by Crippen LogP contribution is -2.34. The van der Waals surface area contributed by atoms with Crippen molar-refractivity contribution in [3.05, 3.63) is 0 Å². The Kier molecular flexibility index (Phi) is 4.42. The van der Waals surface area contributed by atoms with Gasteiger partial charge in [0.2, 0.25) is 0 Å². The molecule has 0 aromatic rings. The molecule has 0 bridgehead atoms. The maximum absolute atomic E-state index is 3.39. The maximum Gasteiger partial charge on any atom is -0.00461 e. The molecule has 2 heteroatoms. The minimum atomic E-state index is 0. The summed E-state index contributed by atoms with van der Waals surface area (Å²) in [4.78, 5) is 0. The monoisotopic (exact) mass is 177 g/mol. The molecule has 0 amide bonds. The SMILES string of the molecule is CC(C)(C)C1CCNCC1.Cl. The summed E-state index contributed by atoms with van der Waals surface area (Å²) in [6.07, 6.45) is 2.73. The van der Waals surface area contributed by atoms with Crippen LogP contribution in [0.25, 0.3) is 0 Å². The van der Waals surface area contributed by atoms with Gasteiger partial charge in [0.15, 0.2) is 0 Å². The van der Waals surface area contributed by atoms with E-state index >= 15 is 0 Å². The summed E-state index contributed by atoms with van der Waals surface area (Å²) in [6.45, 7) is 9.50. The Hall–Kier alpha value is 0.250. The second-order valence-electron chi connectivity index (χ2n) is 4.39. The summed E-state index contributed by atoms with van der Waals surface area (Å²) < 4.78 is 0. The van der Waals surface area contributed by atoms with Crippen molar-refractivity contribution in [1.29, 1.82) is 0 Å². The van der Waals surface area contributed by atoms with Gasteiger partial charge in [0, 0.05) is 0 Å². The first-order valence-corrected chi connectivity index (χ1v) is 4.31. The largest absolute Gasteiger partial charge is 0.317 e. The van der Waals surface area contributed by atoms with Gasteiger partial charge in [-0.2, -0.15) is 0 Å². The normalized spacial score (nSPS) is 21.0. The van der Waals surface area contributed by atoms with Gasteiger partial charge in [0.25, 0.3) is 0 Å². The first-order chi connectivity index (χ1) is 4.61. The van der Waals surface area contributed by atoms with E-state index in [-0.39, 0.29) is 12.4 Å². The quantitative estimate of drug-likeness (QED) is 0.600. The third-order valence-electron chi connectivity index (χ3n) is 2.56. The zero-order valence-corrected chi connectivity index (χ0v) is 8.63. The first-order valence-electron chi connectivity index (χ1n) is 4.31. The molecule has 11 heavy (non-hydrogen) atoms. The summed E-state index contributed by atoms with van der Waals surface area (Å²) in [5, 5.41) is 3.39. The molecule has 0 aromatic heterocycles. The Labute approximate surface area is 76.4 Å². The highest BCUT2D eigenvalue weighted by molar-refractivity contribution is 5.85. The zero-order chi connectivity index (χ0) is 7.61. The molecule has 1 rings (SSSR count). The fourth-order valence-corrected chi connectivity index (χ4v) is 1.69. The number of piperidine rings is 1. The zero-order valence-electron chi connectivity index (χ0n) is 7.81. The van der Waals surface area contributed by atoms with Gasteiger partial charge in [-0.25, -0.2) is 0 Å². The van der Waals surface area contributed by atoms with Gasteiger partial charge in [0.05, 0.1) is 0 Å². The molecular formula is C9H20ClN. The molecule has 1 heterocycles. The molecule has 1 N–H and O–H groups in total. The van der Waals surface area contributed by atoms with Gasteiger partial charge in [0.1, 0.15) is 0 Å². The standard InChI is InChI=1S/C9H19N.ClH/c1-9(2,3)8-4-6-10-7-5-8;/h8,10H,4-7H2,1-3H3;1H. The number of halogens is 1. The summed E-state index contributed by atoms with van der Waals surface area (Å²) in [5.41, 5.74) is 0.530. The highest BCUT2D eigenvalue weighted by Gasteiger charge is 2.25. The summed E-state index contributed by atoms with van der Waals surface area (Å²) in [7, 11) is 0. The van der Waals surface area contributed by atoms with Crippen LogP contribution in [0.5, 0.6) is 0 Å². The number of hydrogen-bond donors (Lipinski definition) is 1. The van der Waals surface area contributed by atoms with Crippen LogP contribution in [0.2, 0.25) is 0 Å². The third kappa shape index (κ3) is 3.44. The van der Waals surface area contributed by atoms with E-state index in [4.69, 9.17) is 0 Å². The highest BCUT2D eigenvalue weighted by Crippen LogP contribution is 2.32. The van der Waals surface area contributed by atoms with E-state index in [1.807, 2.05) is 0 Å². The number of nitrogens with one attached hydrogen (secondary N) is 1. The van der Waals surface area contributed by atoms with E-state index in [1.54, 1.807) is 0 Å². The van der Waals surface area contributed by atoms with Crippen molar-refractivity contribution in [2.75, 3.05) is 13.1 Å². The van der Waals surface area contributed by atoms with Crippen LogP contribution in [0.3, 0.4) is 0 Å². The average Bonchev–Trinajstić information content (AvgIpc) is 1.88. The Balaban J connectivity index is 0.000001000. The van der Waals surface area contributed by atoms with Gasteiger partial charge in [-0.05, 0) is 37.3 Å². The van der Waals surface area contributed by atoms with Crippen molar-refractivity contribution >= 4 is 12.4 Å². The van der Waals surface area contributed by atoms with Crippen LogP contribution in [0.4, 0.5) is 0 Å². The van der Waals surface area contributed by atoms with Crippen LogP contribution in [0.15, 0.2) is 0 Å². The predicted molar refractivity (Wildman–Crippen MR) is 52.3 cm³/mol. The molecule has 1 nitrogen and oxygen atoms in total. The molecule has 1 saturated heterocycles. The van der Waals surface area contributed by atoms with Crippen molar-refractivity contribution in [2.24, 2.45) is 11.3 Å². The molecule has 68 valence electrons. The van der Waals surface area contributed by atoms with Crippen LogP contribution in [-0.2, 0) is 0 Å². The van der Waals surface area contributed by atoms with Gasteiger partial charge < -0.3 is 5.32 Å². The predicted octanol–water partition coefficient (Wildman–Crippen LogP) is 2.45. The lowest BCUT2D eigenvalue weighted by atomic mass is 9.76. The van der Waals surface area contributed by atoms with Crippen LogP contribution in [0, 0.1) is 11.3 Å². The maximum atomic E-state index is 3.39. The summed E-state index contributed by atoms with van der Waals surface area (Å²) in [5.74, 6) is 0.939. The molecule has 1 fully saturated rings. The van der Waals surface area contributed by atoms with Crippen LogP contribution >= 0.6 is 12.4 Å². The van der Waals surface area contributed by atoms with Crippen molar-refractivity contribution in [3.8, 4) is 0 Å². The van der Waals surface area contributed by atoms with Crippen LogP contribution in [0.1, 0.15) is 33.6 Å². The Morgan fingerprint density at radius 3 is 1.82 bits per heavy atom. The lowest BCUT2D eigenvalue weighted by molar-refractivity contribution is 0.188. The molecule has 0 radical (unpaired) electrons. The molecule has 0 atom stereocenters. The lowest BCUT2D eigenvalue weighted by Gasteiger charge is -2.34. The fourth-order valence-electron chi connectivity index (χ4n) is 1.69. The van der Waals surface area contributed by atoms with Crippen LogP contribution < -0.4 is 5.32 Å². The van der Waals surface area contributed by atoms with Gasteiger partial charge in [-0.1, -0.05) is 20.8 Å². The van der Waals surface area contributed by atoms with Gasteiger partial charge in [-0.15, -0.1) is 12.4 Å².